The molecule has 0 aliphatic heterocycles. The van der Waals surface area contributed by atoms with Crippen LogP contribution in [0.1, 0.15) is 61.3 Å². The number of nitrogens with one attached hydrogen (secondary N) is 1. The van der Waals surface area contributed by atoms with Crippen molar-refractivity contribution in [1.29, 1.82) is 5.26 Å². The lowest BCUT2D eigenvalue weighted by atomic mass is 9.82. The predicted octanol–water partition coefficient (Wildman–Crippen LogP) is 6.57. The zero-order valence-corrected chi connectivity index (χ0v) is 20.6. The Balaban J connectivity index is 1.16. The molecule has 0 spiro atoms. The zero-order valence-electron chi connectivity index (χ0n) is 20.6. The van der Waals surface area contributed by atoms with Crippen LogP contribution < -0.4 is 10.1 Å². The van der Waals surface area contributed by atoms with Crippen LogP contribution >= 0.6 is 0 Å². The third-order valence-electron chi connectivity index (χ3n) is 7.86. The summed E-state index contributed by atoms with van der Waals surface area (Å²) in [6.07, 6.45) is 2.71. The van der Waals surface area contributed by atoms with Gasteiger partial charge in [-0.05, 0) is 74.6 Å². The monoisotopic (exact) mass is 524 g/mol. The Kier molecular flexibility index (Phi) is 6.48. The molecule has 1 N–H and O–H groups in total. The fourth-order valence-corrected chi connectivity index (χ4v) is 5.98. The number of fused-ring (bicyclic) bond motifs is 2. The Morgan fingerprint density at radius 1 is 1.05 bits per heavy atom. The molecule has 2 aromatic heterocycles. The van der Waals surface area contributed by atoms with E-state index in [4.69, 9.17) is 14.5 Å². The minimum absolute atomic E-state index is 0.0379. The van der Waals surface area contributed by atoms with Gasteiger partial charge in [0, 0.05) is 29.3 Å². The highest BCUT2D eigenvalue weighted by atomic mass is 19.4. The first-order valence-corrected chi connectivity index (χ1v) is 13.0. The number of hydrogen-bond acceptors (Lipinski definition) is 7. The van der Waals surface area contributed by atoms with Crippen molar-refractivity contribution in [3.05, 3.63) is 59.5 Å². The summed E-state index contributed by atoms with van der Waals surface area (Å²) in [5, 5.41) is 16.7. The lowest BCUT2D eigenvalue weighted by molar-refractivity contribution is -0.274. The van der Waals surface area contributed by atoms with Crippen LogP contribution in [0.4, 0.5) is 19.0 Å². The van der Waals surface area contributed by atoms with E-state index in [-0.39, 0.29) is 29.9 Å². The van der Waals surface area contributed by atoms with E-state index >= 15 is 0 Å². The molecular formula is C28H27F3N4O3. The second kappa shape index (κ2) is 9.95. The van der Waals surface area contributed by atoms with Gasteiger partial charge < -0.3 is 19.3 Å². The highest BCUT2D eigenvalue weighted by Gasteiger charge is 2.44. The van der Waals surface area contributed by atoms with E-state index in [1.807, 2.05) is 6.07 Å². The molecule has 3 fully saturated rings. The lowest BCUT2D eigenvalue weighted by Crippen LogP contribution is -2.39. The number of anilines is 1. The average molecular weight is 525 g/mol. The van der Waals surface area contributed by atoms with Gasteiger partial charge in [-0.1, -0.05) is 17.3 Å². The van der Waals surface area contributed by atoms with Gasteiger partial charge in [-0.3, -0.25) is 0 Å². The van der Waals surface area contributed by atoms with Crippen molar-refractivity contribution in [3.8, 4) is 23.1 Å². The maximum atomic E-state index is 13.0. The van der Waals surface area contributed by atoms with Crippen molar-refractivity contribution in [2.45, 2.75) is 69.6 Å². The Morgan fingerprint density at radius 2 is 1.82 bits per heavy atom. The number of para-hydroxylation sites is 1. The van der Waals surface area contributed by atoms with Crippen LogP contribution in [0.15, 0.2) is 47.1 Å². The number of hydrogen-bond donors (Lipinski definition) is 1. The van der Waals surface area contributed by atoms with Crippen LogP contribution in [-0.4, -0.2) is 28.6 Å². The van der Waals surface area contributed by atoms with Crippen LogP contribution in [0.5, 0.6) is 5.75 Å². The summed E-state index contributed by atoms with van der Waals surface area (Å²) in [5.41, 5.74) is 1.82. The van der Waals surface area contributed by atoms with Crippen LogP contribution in [0.25, 0.3) is 11.3 Å². The largest absolute Gasteiger partial charge is 0.573 e. The van der Waals surface area contributed by atoms with E-state index < -0.39 is 6.36 Å². The molecule has 38 heavy (non-hydrogen) atoms. The zero-order chi connectivity index (χ0) is 26.3. The summed E-state index contributed by atoms with van der Waals surface area (Å²) in [4.78, 5) is 4.37. The minimum atomic E-state index is -4.81. The van der Waals surface area contributed by atoms with Gasteiger partial charge in [-0.2, -0.15) is 5.26 Å². The number of nitriles is 1. The number of halogens is 3. The van der Waals surface area contributed by atoms with Crippen molar-refractivity contribution in [2.75, 3.05) is 5.32 Å². The quantitative estimate of drug-likeness (QED) is 0.356. The van der Waals surface area contributed by atoms with Gasteiger partial charge in [0.05, 0.1) is 18.3 Å². The Bertz CT molecular complexity index is 1320. The molecule has 1 aromatic carbocycles. The van der Waals surface area contributed by atoms with Gasteiger partial charge in [0.15, 0.2) is 0 Å². The van der Waals surface area contributed by atoms with Crippen LogP contribution in [0.2, 0.25) is 0 Å². The third kappa shape index (κ3) is 5.20. The Hall–Kier alpha value is -3.58. The van der Waals surface area contributed by atoms with E-state index in [1.165, 1.54) is 12.1 Å². The first-order chi connectivity index (χ1) is 18.4. The van der Waals surface area contributed by atoms with E-state index in [9.17, 15) is 13.2 Å². The van der Waals surface area contributed by atoms with Crippen molar-refractivity contribution in [1.82, 2.24) is 10.1 Å². The molecular weight excluding hydrogens is 497 g/mol. The summed E-state index contributed by atoms with van der Waals surface area (Å²) >= 11 is 0. The van der Waals surface area contributed by atoms with E-state index in [0.717, 1.165) is 44.3 Å². The van der Waals surface area contributed by atoms with Gasteiger partial charge in [0.25, 0.3) is 0 Å². The fourth-order valence-electron chi connectivity index (χ4n) is 5.98. The average Bonchev–Trinajstić information content (AvgIpc) is 3.61. The summed E-state index contributed by atoms with van der Waals surface area (Å²) in [6.45, 7) is 0.227. The second-order valence-electron chi connectivity index (χ2n) is 10.4. The predicted molar refractivity (Wildman–Crippen MR) is 131 cm³/mol. The number of nitrogens with zero attached hydrogens (tertiary/aromatic N) is 3. The minimum Gasteiger partial charge on any atom is -0.405 e. The SMILES string of the molecule is N#Cc1ccc(N[C@H]2[C@@H]3CC[C@H]2C[C@H](OCc2c(-c4ccccc4OC(F)(F)F)noc2C2CC2)C3)nc1. The maximum Gasteiger partial charge on any atom is 0.573 e. The summed E-state index contributed by atoms with van der Waals surface area (Å²) < 4.78 is 55.5. The molecule has 3 aliphatic rings. The molecule has 2 heterocycles. The van der Waals surface area contributed by atoms with E-state index in [2.05, 4.69) is 26.3 Å². The summed E-state index contributed by atoms with van der Waals surface area (Å²) in [5.74, 6) is 2.25. The molecule has 0 unspecified atom stereocenters. The molecule has 7 nitrogen and oxygen atoms in total. The van der Waals surface area contributed by atoms with E-state index in [1.54, 1.807) is 24.4 Å². The molecule has 3 aliphatic carbocycles. The van der Waals surface area contributed by atoms with Crippen molar-refractivity contribution < 1.29 is 27.2 Å². The molecule has 4 atom stereocenters. The lowest BCUT2D eigenvalue weighted by Gasteiger charge is -2.36. The molecule has 198 valence electrons. The molecule has 0 radical (unpaired) electrons. The Morgan fingerprint density at radius 3 is 2.47 bits per heavy atom. The van der Waals surface area contributed by atoms with Gasteiger partial charge in [-0.15, -0.1) is 13.2 Å². The second-order valence-corrected chi connectivity index (χ2v) is 10.4. The molecule has 0 saturated heterocycles. The van der Waals surface area contributed by atoms with Gasteiger partial charge in [0.1, 0.15) is 29.1 Å². The highest BCUT2D eigenvalue weighted by Crippen LogP contribution is 2.47. The summed E-state index contributed by atoms with van der Waals surface area (Å²) in [7, 11) is 0. The Labute approximate surface area is 217 Å². The highest BCUT2D eigenvalue weighted by molar-refractivity contribution is 5.70. The van der Waals surface area contributed by atoms with Crippen molar-refractivity contribution >= 4 is 5.82 Å². The maximum absolute atomic E-state index is 13.0. The van der Waals surface area contributed by atoms with Gasteiger partial charge in [-0.25, -0.2) is 4.98 Å². The first-order valence-electron chi connectivity index (χ1n) is 13.0. The molecule has 2 bridgehead atoms. The van der Waals surface area contributed by atoms with Crippen molar-refractivity contribution in [3.63, 3.8) is 0 Å². The topological polar surface area (TPSA) is 93.2 Å². The van der Waals surface area contributed by atoms with Gasteiger partial charge >= 0.3 is 6.36 Å². The summed E-state index contributed by atoms with van der Waals surface area (Å²) in [6, 6.07) is 12.0. The standard InChI is InChI=1S/C28H27F3N4O3/c29-28(30,31)37-23-4-2-1-3-21(23)26-22(27(38-35-26)17-6-7-17)15-36-20-11-18-8-9-19(12-20)25(18)34-24-10-5-16(13-32)14-33-24/h1-5,10,14,17-20,25H,6-9,11-12,15H2,(H,33,34)/t18-,19+,20-,25+. The van der Waals surface area contributed by atoms with Crippen LogP contribution in [0, 0.1) is 23.2 Å². The van der Waals surface area contributed by atoms with Gasteiger partial charge in [0.2, 0.25) is 0 Å². The number of pyridine rings is 1. The van der Waals surface area contributed by atoms with Crippen LogP contribution in [-0.2, 0) is 11.3 Å². The fraction of sp³-hybridized carbons (Fsp3) is 0.464. The number of alkyl halides is 3. The van der Waals surface area contributed by atoms with Crippen molar-refractivity contribution in [2.24, 2.45) is 11.8 Å². The normalized spacial score (nSPS) is 24.7. The number of aromatic nitrogens is 2. The molecule has 6 rings (SSSR count). The smallest absolute Gasteiger partial charge is 0.405 e. The third-order valence-corrected chi connectivity index (χ3v) is 7.86. The van der Waals surface area contributed by atoms with Crippen LogP contribution in [0.3, 0.4) is 0 Å². The number of rotatable bonds is 8. The molecule has 3 saturated carbocycles. The molecule has 3 aromatic rings. The first kappa shape index (κ1) is 24.7. The van der Waals surface area contributed by atoms with E-state index in [0.29, 0.717) is 40.5 Å². The molecule has 10 heteroatoms. The molecule has 0 amide bonds. The number of ether oxygens (including phenoxy) is 2. The number of benzene rings is 1.